The van der Waals surface area contributed by atoms with Gasteiger partial charge in [0.2, 0.25) is 0 Å². The number of esters is 1. The molecule has 0 aliphatic carbocycles. The zero-order valence-corrected chi connectivity index (χ0v) is 13.5. The minimum absolute atomic E-state index is 0.117. The SMILES string of the molecule is CCCCCCCCOC(=O)C(COC)C(C)(C)C. The van der Waals surface area contributed by atoms with Gasteiger partial charge in [0.05, 0.1) is 19.1 Å². The van der Waals surface area contributed by atoms with E-state index in [1.54, 1.807) is 7.11 Å². The molecule has 0 bridgehead atoms. The van der Waals surface area contributed by atoms with Crippen LogP contribution in [-0.4, -0.2) is 26.3 Å². The van der Waals surface area contributed by atoms with Crippen molar-refractivity contribution in [3.05, 3.63) is 0 Å². The molecular formula is C16H32O3. The third kappa shape index (κ3) is 9.04. The fraction of sp³-hybridized carbons (Fsp3) is 0.938. The number of unbranched alkanes of at least 4 members (excludes halogenated alkanes) is 5. The van der Waals surface area contributed by atoms with Gasteiger partial charge in [-0.1, -0.05) is 59.8 Å². The molecule has 0 N–H and O–H groups in total. The second-order valence-electron chi connectivity index (χ2n) is 6.31. The van der Waals surface area contributed by atoms with E-state index < -0.39 is 0 Å². The van der Waals surface area contributed by atoms with Crippen LogP contribution < -0.4 is 0 Å². The van der Waals surface area contributed by atoms with E-state index in [0.29, 0.717) is 13.2 Å². The van der Waals surface area contributed by atoms with Crippen LogP contribution in [0.1, 0.15) is 66.2 Å². The molecule has 19 heavy (non-hydrogen) atoms. The van der Waals surface area contributed by atoms with Crippen LogP contribution in [0.2, 0.25) is 0 Å². The van der Waals surface area contributed by atoms with Crippen LogP contribution >= 0.6 is 0 Å². The number of hydrogen-bond donors (Lipinski definition) is 0. The minimum Gasteiger partial charge on any atom is -0.465 e. The second-order valence-corrected chi connectivity index (χ2v) is 6.31. The Bertz CT molecular complexity index is 231. The minimum atomic E-state index is -0.183. The lowest BCUT2D eigenvalue weighted by Gasteiger charge is -2.28. The Kier molecular flexibility index (Phi) is 9.94. The number of carbonyl (C=O) groups is 1. The van der Waals surface area contributed by atoms with Crippen molar-refractivity contribution in [2.45, 2.75) is 66.2 Å². The van der Waals surface area contributed by atoms with Crippen LogP contribution in [0.4, 0.5) is 0 Å². The summed E-state index contributed by atoms with van der Waals surface area (Å²) < 4.78 is 10.5. The number of methoxy groups -OCH3 is 1. The lowest BCUT2D eigenvalue weighted by Crippen LogP contribution is -2.34. The molecule has 114 valence electrons. The van der Waals surface area contributed by atoms with Gasteiger partial charge >= 0.3 is 5.97 Å². The molecule has 1 atom stereocenters. The zero-order valence-electron chi connectivity index (χ0n) is 13.5. The molecule has 0 aliphatic rings. The van der Waals surface area contributed by atoms with Crippen molar-refractivity contribution < 1.29 is 14.3 Å². The van der Waals surface area contributed by atoms with Crippen molar-refractivity contribution in [3.8, 4) is 0 Å². The van der Waals surface area contributed by atoms with Crippen molar-refractivity contribution in [2.75, 3.05) is 20.3 Å². The topological polar surface area (TPSA) is 35.5 Å². The summed E-state index contributed by atoms with van der Waals surface area (Å²) in [6.07, 6.45) is 7.22. The van der Waals surface area contributed by atoms with E-state index in [9.17, 15) is 4.79 Å². The highest BCUT2D eigenvalue weighted by Gasteiger charge is 2.32. The normalized spacial score (nSPS) is 13.3. The Morgan fingerprint density at radius 3 is 2.16 bits per heavy atom. The Morgan fingerprint density at radius 2 is 1.63 bits per heavy atom. The molecule has 0 radical (unpaired) electrons. The predicted octanol–water partition coefficient (Wildman–Crippen LogP) is 4.20. The fourth-order valence-corrected chi connectivity index (χ4v) is 1.99. The van der Waals surface area contributed by atoms with E-state index in [4.69, 9.17) is 9.47 Å². The first-order valence-electron chi connectivity index (χ1n) is 7.59. The monoisotopic (exact) mass is 272 g/mol. The van der Waals surface area contributed by atoms with E-state index in [1.165, 1.54) is 25.7 Å². The largest absolute Gasteiger partial charge is 0.465 e. The zero-order chi connectivity index (χ0) is 14.7. The summed E-state index contributed by atoms with van der Waals surface area (Å²) in [7, 11) is 1.62. The Labute approximate surface area is 119 Å². The van der Waals surface area contributed by atoms with Gasteiger partial charge in [0, 0.05) is 7.11 Å². The maximum absolute atomic E-state index is 12.0. The van der Waals surface area contributed by atoms with Gasteiger partial charge in [0.1, 0.15) is 0 Å². The average Bonchev–Trinajstić information content (AvgIpc) is 2.33. The van der Waals surface area contributed by atoms with Crippen molar-refractivity contribution in [3.63, 3.8) is 0 Å². The highest BCUT2D eigenvalue weighted by atomic mass is 16.5. The van der Waals surface area contributed by atoms with Gasteiger partial charge in [-0.3, -0.25) is 4.79 Å². The first kappa shape index (κ1) is 18.4. The predicted molar refractivity (Wildman–Crippen MR) is 79.2 cm³/mol. The van der Waals surface area contributed by atoms with Gasteiger partial charge in [0.25, 0.3) is 0 Å². The summed E-state index contributed by atoms with van der Waals surface area (Å²) in [5.74, 6) is -0.305. The lowest BCUT2D eigenvalue weighted by molar-refractivity contribution is -0.155. The van der Waals surface area contributed by atoms with Crippen molar-refractivity contribution >= 4 is 5.97 Å². The molecule has 0 saturated carbocycles. The van der Waals surface area contributed by atoms with Crippen molar-refractivity contribution in [2.24, 2.45) is 11.3 Å². The maximum atomic E-state index is 12.0. The third-order valence-corrected chi connectivity index (χ3v) is 3.41. The lowest BCUT2D eigenvalue weighted by atomic mass is 9.81. The Balaban J connectivity index is 3.82. The summed E-state index contributed by atoms with van der Waals surface area (Å²) in [4.78, 5) is 12.0. The Morgan fingerprint density at radius 1 is 1.05 bits per heavy atom. The molecule has 0 aromatic carbocycles. The van der Waals surface area contributed by atoms with E-state index in [0.717, 1.165) is 12.8 Å². The van der Waals surface area contributed by atoms with Crippen LogP contribution in [0.3, 0.4) is 0 Å². The van der Waals surface area contributed by atoms with Crippen molar-refractivity contribution in [1.29, 1.82) is 0 Å². The second kappa shape index (κ2) is 10.2. The van der Waals surface area contributed by atoms with Gasteiger partial charge in [-0.2, -0.15) is 0 Å². The van der Waals surface area contributed by atoms with Crippen LogP contribution in [0.25, 0.3) is 0 Å². The van der Waals surface area contributed by atoms with Crippen LogP contribution in [-0.2, 0) is 14.3 Å². The number of hydrogen-bond acceptors (Lipinski definition) is 3. The molecule has 1 unspecified atom stereocenters. The molecule has 0 aromatic heterocycles. The van der Waals surface area contributed by atoms with Gasteiger partial charge in [-0.15, -0.1) is 0 Å². The van der Waals surface area contributed by atoms with E-state index in [2.05, 4.69) is 6.92 Å². The summed E-state index contributed by atoms with van der Waals surface area (Å²) >= 11 is 0. The summed E-state index contributed by atoms with van der Waals surface area (Å²) in [6.45, 7) is 9.32. The van der Waals surface area contributed by atoms with E-state index in [-0.39, 0.29) is 17.3 Å². The first-order chi connectivity index (χ1) is 8.93. The molecule has 3 nitrogen and oxygen atoms in total. The van der Waals surface area contributed by atoms with Gasteiger partial charge in [-0.25, -0.2) is 0 Å². The number of rotatable bonds is 10. The average molecular weight is 272 g/mol. The van der Waals surface area contributed by atoms with Crippen LogP contribution in [0.15, 0.2) is 0 Å². The highest BCUT2D eigenvalue weighted by Crippen LogP contribution is 2.27. The van der Waals surface area contributed by atoms with Gasteiger partial charge < -0.3 is 9.47 Å². The van der Waals surface area contributed by atoms with Crippen LogP contribution in [0.5, 0.6) is 0 Å². The molecule has 0 aliphatic heterocycles. The number of ether oxygens (including phenoxy) is 2. The molecule has 0 aromatic rings. The molecule has 3 heteroatoms. The maximum Gasteiger partial charge on any atom is 0.311 e. The molecule has 0 heterocycles. The molecule has 0 fully saturated rings. The molecule has 0 amide bonds. The summed E-state index contributed by atoms with van der Waals surface area (Å²) in [6, 6.07) is 0. The van der Waals surface area contributed by atoms with E-state index in [1.807, 2.05) is 20.8 Å². The van der Waals surface area contributed by atoms with E-state index >= 15 is 0 Å². The third-order valence-electron chi connectivity index (χ3n) is 3.41. The van der Waals surface area contributed by atoms with Crippen molar-refractivity contribution in [1.82, 2.24) is 0 Å². The summed E-state index contributed by atoms with van der Waals surface area (Å²) in [5, 5.41) is 0. The first-order valence-corrected chi connectivity index (χ1v) is 7.59. The summed E-state index contributed by atoms with van der Waals surface area (Å²) in [5.41, 5.74) is -0.117. The molecule has 0 saturated heterocycles. The molecule has 0 rings (SSSR count). The standard InChI is InChI=1S/C16H32O3/c1-6-7-8-9-10-11-12-19-15(17)14(13-18-5)16(2,3)4/h14H,6-13H2,1-5H3. The van der Waals surface area contributed by atoms with Gasteiger partial charge in [-0.05, 0) is 11.8 Å². The fourth-order valence-electron chi connectivity index (χ4n) is 1.99. The number of carbonyl (C=O) groups excluding carboxylic acids is 1. The highest BCUT2D eigenvalue weighted by molar-refractivity contribution is 5.73. The molecular weight excluding hydrogens is 240 g/mol. The quantitative estimate of drug-likeness (QED) is 0.441. The Hall–Kier alpha value is -0.570. The smallest absolute Gasteiger partial charge is 0.311 e. The van der Waals surface area contributed by atoms with Crippen LogP contribution in [0, 0.1) is 11.3 Å². The molecule has 0 spiro atoms. The van der Waals surface area contributed by atoms with Gasteiger partial charge in [0.15, 0.2) is 0 Å².